The summed E-state index contributed by atoms with van der Waals surface area (Å²) in [5.74, 6) is 1.35. The molecule has 3 unspecified atom stereocenters. The Morgan fingerprint density at radius 2 is 1.76 bits per heavy atom. The van der Waals surface area contributed by atoms with E-state index < -0.39 is 0 Å². The zero-order chi connectivity index (χ0) is 15.8. The maximum atomic E-state index is 9.90. The van der Waals surface area contributed by atoms with Crippen molar-refractivity contribution in [3.8, 4) is 5.75 Å². The minimum atomic E-state index is -0.251. The number of rotatable bonds is 6. The first-order valence-corrected chi connectivity index (χ1v) is 8.84. The quantitative estimate of drug-likeness (QED) is 0.572. The average molecular weight is 350 g/mol. The minimum Gasteiger partial charge on any atom is -0.506 e. The van der Waals surface area contributed by atoms with E-state index in [1.54, 1.807) is 6.07 Å². The van der Waals surface area contributed by atoms with E-state index in [9.17, 15) is 5.11 Å². The molecule has 0 spiro atoms. The second kappa shape index (κ2) is 6.56. The van der Waals surface area contributed by atoms with Crippen molar-refractivity contribution in [1.82, 2.24) is 0 Å². The lowest BCUT2D eigenvalue weighted by molar-refractivity contribution is 0.375. The molecule has 1 aromatic rings. The summed E-state index contributed by atoms with van der Waals surface area (Å²) >= 11 is 18.8. The van der Waals surface area contributed by atoms with Gasteiger partial charge in [0.15, 0.2) is 0 Å². The molecule has 2 rings (SSSR count). The van der Waals surface area contributed by atoms with Crippen LogP contribution >= 0.6 is 34.8 Å². The largest absolute Gasteiger partial charge is 0.506 e. The summed E-state index contributed by atoms with van der Waals surface area (Å²) in [6, 6.07) is 3.57. The number of alkyl halides is 1. The number of phenols is 1. The molecule has 118 valence electrons. The highest BCUT2D eigenvalue weighted by molar-refractivity contribution is 6.43. The molecule has 0 amide bonds. The van der Waals surface area contributed by atoms with Gasteiger partial charge in [0.2, 0.25) is 0 Å². The van der Waals surface area contributed by atoms with Crippen molar-refractivity contribution in [2.45, 2.75) is 57.2 Å². The standard InChI is InChI=1S/C17H23Cl3O/c1-4-6-10(7-5-2)14-15(17(14,3)20)11-8-12(18)16(19)13(21)9-11/h8-10,14-15,21H,4-7H2,1-3H3. The maximum absolute atomic E-state index is 9.90. The van der Waals surface area contributed by atoms with Crippen LogP contribution in [0.3, 0.4) is 0 Å². The van der Waals surface area contributed by atoms with E-state index >= 15 is 0 Å². The molecule has 0 saturated heterocycles. The number of phenolic OH excluding ortho intramolecular Hbond substituents is 1. The highest BCUT2D eigenvalue weighted by Crippen LogP contribution is 2.66. The predicted octanol–water partition coefficient (Wildman–Crippen LogP) is 6.63. The third-order valence-corrected chi connectivity index (χ3v) is 6.01. The van der Waals surface area contributed by atoms with Gasteiger partial charge < -0.3 is 5.11 Å². The molecule has 0 aliphatic heterocycles. The van der Waals surface area contributed by atoms with Crippen LogP contribution in [0, 0.1) is 11.8 Å². The maximum Gasteiger partial charge on any atom is 0.135 e. The smallest absolute Gasteiger partial charge is 0.135 e. The van der Waals surface area contributed by atoms with Gasteiger partial charge in [-0.2, -0.15) is 0 Å². The lowest BCUT2D eigenvalue weighted by atomic mass is 9.90. The Bertz CT molecular complexity index is 484. The second-order valence-electron chi connectivity index (χ2n) is 6.33. The van der Waals surface area contributed by atoms with Crippen molar-refractivity contribution in [1.29, 1.82) is 0 Å². The van der Waals surface area contributed by atoms with Gasteiger partial charge in [0.25, 0.3) is 0 Å². The van der Waals surface area contributed by atoms with Crippen LogP contribution < -0.4 is 0 Å². The molecule has 4 heteroatoms. The molecular weight excluding hydrogens is 327 g/mol. The molecule has 0 aromatic heterocycles. The molecule has 0 bridgehead atoms. The molecule has 1 aliphatic carbocycles. The number of halogens is 3. The van der Waals surface area contributed by atoms with Crippen LogP contribution in [0.1, 0.15) is 57.9 Å². The summed E-state index contributed by atoms with van der Waals surface area (Å²) in [6.07, 6.45) is 4.75. The van der Waals surface area contributed by atoms with E-state index in [-0.39, 0.29) is 21.6 Å². The molecule has 1 N–H and O–H groups in total. The van der Waals surface area contributed by atoms with Crippen molar-refractivity contribution in [2.75, 3.05) is 0 Å². The Morgan fingerprint density at radius 3 is 2.24 bits per heavy atom. The third kappa shape index (κ3) is 3.30. The van der Waals surface area contributed by atoms with Crippen molar-refractivity contribution >= 4 is 34.8 Å². The average Bonchev–Trinajstić information content (AvgIpc) is 2.98. The summed E-state index contributed by atoms with van der Waals surface area (Å²) < 4.78 is 0. The van der Waals surface area contributed by atoms with E-state index in [1.165, 1.54) is 25.7 Å². The lowest BCUT2D eigenvalue weighted by Crippen LogP contribution is -2.08. The Kier molecular flexibility index (Phi) is 5.39. The van der Waals surface area contributed by atoms with Gasteiger partial charge in [0.05, 0.1) is 9.90 Å². The number of hydrogen-bond acceptors (Lipinski definition) is 1. The summed E-state index contributed by atoms with van der Waals surface area (Å²) in [5.41, 5.74) is 1.00. The van der Waals surface area contributed by atoms with Crippen LogP contribution in [0.2, 0.25) is 10.0 Å². The highest BCUT2D eigenvalue weighted by atomic mass is 35.5. The van der Waals surface area contributed by atoms with Crippen molar-refractivity contribution in [3.05, 3.63) is 27.7 Å². The number of hydrogen-bond donors (Lipinski definition) is 1. The Morgan fingerprint density at radius 1 is 1.19 bits per heavy atom. The van der Waals surface area contributed by atoms with Crippen LogP contribution in [-0.2, 0) is 0 Å². The van der Waals surface area contributed by atoms with E-state index in [4.69, 9.17) is 34.8 Å². The Labute approximate surface area is 142 Å². The van der Waals surface area contributed by atoms with Gasteiger partial charge in [-0.05, 0) is 36.5 Å². The fourth-order valence-corrected chi connectivity index (χ4v) is 4.63. The molecule has 1 aromatic carbocycles. The van der Waals surface area contributed by atoms with Gasteiger partial charge in [0.1, 0.15) is 10.8 Å². The molecule has 1 nitrogen and oxygen atoms in total. The fraction of sp³-hybridized carbons (Fsp3) is 0.647. The van der Waals surface area contributed by atoms with Crippen molar-refractivity contribution in [3.63, 3.8) is 0 Å². The van der Waals surface area contributed by atoms with Crippen LogP contribution in [0.5, 0.6) is 5.75 Å². The molecule has 1 aliphatic rings. The fourth-order valence-electron chi connectivity index (χ4n) is 3.80. The zero-order valence-corrected chi connectivity index (χ0v) is 15.1. The Hall–Kier alpha value is -0.110. The molecule has 1 saturated carbocycles. The SMILES string of the molecule is CCCC(CCC)C1C(c2cc(O)c(Cl)c(Cl)c2)C1(C)Cl. The summed E-state index contributed by atoms with van der Waals surface area (Å²) in [4.78, 5) is -0.251. The minimum absolute atomic E-state index is 0.0415. The zero-order valence-electron chi connectivity index (χ0n) is 12.8. The number of benzene rings is 1. The predicted molar refractivity (Wildman–Crippen MR) is 91.9 cm³/mol. The summed E-state index contributed by atoms with van der Waals surface area (Å²) in [5, 5.41) is 10.5. The van der Waals surface area contributed by atoms with Crippen LogP contribution in [0.25, 0.3) is 0 Å². The monoisotopic (exact) mass is 348 g/mol. The van der Waals surface area contributed by atoms with Gasteiger partial charge in [-0.15, -0.1) is 11.6 Å². The van der Waals surface area contributed by atoms with Crippen LogP contribution in [-0.4, -0.2) is 9.98 Å². The van der Waals surface area contributed by atoms with Gasteiger partial charge in [0, 0.05) is 5.92 Å². The van der Waals surface area contributed by atoms with E-state index in [0.29, 0.717) is 16.9 Å². The van der Waals surface area contributed by atoms with E-state index in [1.807, 2.05) is 6.07 Å². The lowest BCUT2D eigenvalue weighted by Gasteiger charge is -2.16. The molecule has 3 atom stereocenters. The Balaban J connectivity index is 2.28. The van der Waals surface area contributed by atoms with Gasteiger partial charge >= 0.3 is 0 Å². The molecule has 0 radical (unpaired) electrons. The molecule has 21 heavy (non-hydrogen) atoms. The third-order valence-electron chi connectivity index (χ3n) is 4.73. The first kappa shape index (κ1) is 17.2. The summed E-state index contributed by atoms with van der Waals surface area (Å²) in [6.45, 7) is 6.54. The topological polar surface area (TPSA) is 20.2 Å². The number of aromatic hydroxyl groups is 1. The van der Waals surface area contributed by atoms with Gasteiger partial charge in [-0.3, -0.25) is 0 Å². The van der Waals surface area contributed by atoms with Crippen LogP contribution in [0.4, 0.5) is 0 Å². The van der Waals surface area contributed by atoms with Crippen LogP contribution in [0.15, 0.2) is 12.1 Å². The van der Waals surface area contributed by atoms with Crippen molar-refractivity contribution in [2.24, 2.45) is 11.8 Å². The second-order valence-corrected chi connectivity index (χ2v) is 7.93. The van der Waals surface area contributed by atoms with Gasteiger partial charge in [-0.25, -0.2) is 0 Å². The van der Waals surface area contributed by atoms with Gasteiger partial charge in [-0.1, -0.05) is 62.7 Å². The normalized spacial score (nSPS) is 28.1. The van der Waals surface area contributed by atoms with E-state index in [2.05, 4.69) is 20.8 Å². The van der Waals surface area contributed by atoms with Crippen molar-refractivity contribution < 1.29 is 5.11 Å². The first-order valence-electron chi connectivity index (χ1n) is 7.71. The molecule has 0 heterocycles. The molecular formula is C17H23Cl3O. The first-order chi connectivity index (χ1) is 9.84. The van der Waals surface area contributed by atoms with E-state index in [0.717, 1.165) is 5.56 Å². The molecule has 1 fully saturated rings. The highest BCUT2D eigenvalue weighted by Gasteiger charge is 2.63. The summed E-state index contributed by atoms with van der Waals surface area (Å²) in [7, 11) is 0.